The third kappa shape index (κ3) is 1.77. The molecule has 0 radical (unpaired) electrons. The molecule has 1 aromatic carbocycles. The second-order valence-electron chi connectivity index (χ2n) is 3.35. The largest absolute Gasteiger partial charge is 0.312 e. The highest BCUT2D eigenvalue weighted by Crippen LogP contribution is 2.25. The molecule has 1 saturated heterocycles. The van der Waals surface area contributed by atoms with E-state index in [4.69, 9.17) is 0 Å². The third-order valence-corrected chi connectivity index (χ3v) is 3.16. The predicted molar refractivity (Wildman–Crippen MR) is 59.8 cm³/mol. The third-order valence-electron chi connectivity index (χ3n) is 2.44. The van der Waals surface area contributed by atoms with Gasteiger partial charge in [0.1, 0.15) is 0 Å². The van der Waals surface area contributed by atoms with Gasteiger partial charge in [0.2, 0.25) is 5.91 Å². The fourth-order valence-electron chi connectivity index (χ4n) is 1.70. The molecule has 1 aliphatic rings. The number of hydrogen-bond donors (Lipinski definition) is 0. The zero-order valence-corrected chi connectivity index (χ0v) is 9.01. The van der Waals surface area contributed by atoms with Crippen molar-refractivity contribution in [2.24, 2.45) is 0 Å². The first-order valence-electron chi connectivity index (χ1n) is 4.75. The normalized spacial score (nSPS) is 16.4. The lowest BCUT2D eigenvalue weighted by Crippen LogP contribution is -2.23. The number of thioether (sulfide) groups is 1. The van der Waals surface area contributed by atoms with Crippen LogP contribution in [0, 0.1) is 0 Å². The molecule has 1 aromatic rings. The number of nitrogens with zero attached hydrogens (tertiary/aromatic N) is 1. The molecular formula is C11H13NOS. The first kappa shape index (κ1) is 9.59. The Morgan fingerprint density at radius 1 is 1.43 bits per heavy atom. The van der Waals surface area contributed by atoms with Gasteiger partial charge in [0.05, 0.1) is 0 Å². The van der Waals surface area contributed by atoms with Gasteiger partial charge in [-0.3, -0.25) is 4.79 Å². The Morgan fingerprint density at radius 2 is 2.29 bits per heavy atom. The Bertz CT molecular complexity index is 351. The van der Waals surface area contributed by atoms with Gasteiger partial charge < -0.3 is 4.90 Å². The molecule has 1 fully saturated rings. The summed E-state index contributed by atoms with van der Waals surface area (Å²) in [4.78, 5) is 14.6. The van der Waals surface area contributed by atoms with Crippen LogP contribution >= 0.6 is 11.8 Å². The quantitative estimate of drug-likeness (QED) is 0.695. The van der Waals surface area contributed by atoms with Crippen LogP contribution in [-0.2, 0) is 4.79 Å². The van der Waals surface area contributed by atoms with Crippen molar-refractivity contribution in [3.63, 3.8) is 0 Å². The Labute approximate surface area is 88.3 Å². The first-order valence-corrected chi connectivity index (χ1v) is 5.98. The highest BCUT2D eigenvalue weighted by molar-refractivity contribution is 7.98. The number of rotatable bonds is 2. The lowest BCUT2D eigenvalue weighted by molar-refractivity contribution is -0.117. The number of benzene rings is 1. The Morgan fingerprint density at radius 3 is 2.93 bits per heavy atom. The molecule has 0 bridgehead atoms. The van der Waals surface area contributed by atoms with E-state index in [1.165, 1.54) is 4.90 Å². The lowest BCUT2D eigenvalue weighted by atomic mass is 10.3. The zero-order chi connectivity index (χ0) is 9.97. The van der Waals surface area contributed by atoms with E-state index in [0.29, 0.717) is 6.42 Å². The van der Waals surface area contributed by atoms with Gasteiger partial charge in [0.15, 0.2) is 0 Å². The fourth-order valence-corrected chi connectivity index (χ4v) is 2.15. The molecule has 14 heavy (non-hydrogen) atoms. The van der Waals surface area contributed by atoms with Crippen molar-refractivity contribution in [2.75, 3.05) is 17.7 Å². The highest BCUT2D eigenvalue weighted by atomic mass is 32.2. The van der Waals surface area contributed by atoms with Gasteiger partial charge in [-0.25, -0.2) is 0 Å². The number of hydrogen-bond acceptors (Lipinski definition) is 2. The van der Waals surface area contributed by atoms with Crippen LogP contribution in [0.25, 0.3) is 0 Å². The summed E-state index contributed by atoms with van der Waals surface area (Å²) in [5.41, 5.74) is 1.04. The molecule has 74 valence electrons. The summed E-state index contributed by atoms with van der Waals surface area (Å²) in [7, 11) is 0. The van der Waals surface area contributed by atoms with E-state index in [1.54, 1.807) is 11.8 Å². The molecule has 1 aliphatic heterocycles. The van der Waals surface area contributed by atoms with Gasteiger partial charge in [-0.05, 0) is 30.9 Å². The first-order chi connectivity index (χ1) is 6.81. The number of anilines is 1. The molecule has 2 rings (SSSR count). The molecule has 3 heteroatoms. The molecule has 0 aromatic heterocycles. The van der Waals surface area contributed by atoms with Crippen LogP contribution in [0.1, 0.15) is 12.8 Å². The van der Waals surface area contributed by atoms with E-state index in [0.717, 1.165) is 18.7 Å². The van der Waals surface area contributed by atoms with E-state index in [2.05, 4.69) is 12.1 Å². The summed E-state index contributed by atoms with van der Waals surface area (Å²) in [6, 6.07) is 8.15. The van der Waals surface area contributed by atoms with E-state index in [9.17, 15) is 4.79 Å². The minimum absolute atomic E-state index is 0.253. The van der Waals surface area contributed by atoms with Gasteiger partial charge >= 0.3 is 0 Å². The van der Waals surface area contributed by atoms with Gasteiger partial charge in [0.25, 0.3) is 0 Å². The summed E-state index contributed by atoms with van der Waals surface area (Å²) in [5.74, 6) is 0.253. The number of amides is 1. The molecule has 1 amide bonds. The van der Waals surface area contributed by atoms with E-state index < -0.39 is 0 Å². The van der Waals surface area contributed by atoms with E-state index in [-0.39, 0.29) is 5.91 Å². The average molecular weight is 207 g/mol. The van der Waals surface area contributed by atoms with Crippen molar-refractivity contribution in [2.45, 2.75) is 17.7 Å². The van der Waals surface area contributed by atoms with Crippen LogP contribution in [0.4, 0.5) is 5.69 Å². The number of carbonyl (C=O) groups is 1. The van der Waals surface area contributed by atoms with Gasteiger partial charge in [-0.15, -0.1) is 11.8 Å². The molecule has 0 saturated carbocycles. The standard InChI is InChI=1S/C11H13NOS/c1-14-10-5-2-4-9(8-10)12-7-3-6-11(12)13/h2,4-5,8H,3,6-7H2,1H3. The molecule has 0 aliphatic carbocycles. The maximum absolute atomic E-state index is 11.5. The van der Waals surface area contributed by atoms with Crippen LogP contribution in [0.2, 0.25) is 0 Å². The zero-order valence-electron chi connectivity index (χ0n) is 8.19. The van der Waals surface area contributed by atoms with Gasteiger partial charge in [-0.2, -0.15) is 0 Å². The van der Waals surface area contributed by atoms with Crippen molar-refractivity contribution in [1.82, 2.24) is 0 Å². The summed E-state index contributed by atoms with van der Waals surface area (Å²) < 4.78 is 0. The van der Waals surface area contributed by atoms with Crippen LogP contribution < -0.4 is 4.90 Å². The summed E-state index contributed by atoms with van der Waals surface area (Å²) in [6.07, 6.45) is 3.73. The SMILES string of the molecule is CSc1cccc(N2CCCC2=O)c1. The summed E-state index contributed by atoms with van der Waals surface area (Å²) >= 11 is 1.71. The monoisotopic (exact) mass is 207 g/mol. The van der Waals surface area contributed by atoms with Crippen molar-refractivity contribution < 1.29 is 4.79 Å². The van der Waals surface area contributed by atoms with Crippen LogP contribution in [0.15, 0.2) is 29.2 Å². The Balaban J connectivity index is 2.26. The molecular weight excluding hydrogens is 194 g/mol. The topological polar surface area (TPSA) is 20.3 Å². The summed E-state index contributed by atoms with van der Waals surface area (Å²) in [6.45, 7) is 0.872. The van der Waals surface area contributed by atoms with E-state index >= 15 is 0 Å². The summed E-state index contributed by atoms with van der Waals surface area (Å²) in [5, 5.41) is 0. The second kappa shape index (κ2) is 4.05. The predicted octanol–water partition coefficient (Wildman–Crippen LogP) is 2.54. The molecule has 0 spiro atoms. The second-order valence-corrected chi connectivity index (χ2v) is 4.23. The number of carbonyl (C=O) groups excluding carboxylic acids is 1. The minimum Gasteiger partial charge on any atom is -0.312 e. The average Bonchev–Trinajstić information content (AvgIpc) is 2.65. The van der Waals surface area contributed by atoms with Crippen molar-refractivity contribution in [3.05, 3.63) is 24.3 Å². The van der Waals surface area contributed by atoms with Gasteiger partial charge in [0, 0.05) is 23.5 Å². The maximum Gasteiger partial charge on any atom is 0.227 e. The molecule has 2 nitrogen and oxygen atoms in total. The molecule has 0 N–H and O–H groups in total. The van der Waals surface area contributed by atoms with Crippen molar-refractivity contribution >= 4 is 23.4 Å². The fraction of sp³-hybridized carbons (Fsp3) is 0.364. The van der Waals surface area contributed by atoms with Crippen LogP contribution in [0.5, 0.6) is 0 Å². The van der Waals surface area contributed by atoms with Gasteiger partial charge in [-0.1, -0.05) is 6.07 Å². The Kier molecular flexibility index (Phi) is 2.77. The maximum atomic E-state index is 11.5. The molecule has 0 unspecified atom stereocenters. The van der Waals surface area contributed by atoms with Crippen molar-refractivity contribution in [1.29, 1.82) is 0 Å². The Hall–Kier alpha value is -0.960. The van der Waals surface area contributed by atoms with Crippen molar-refractivity contribution in [3.8, 4) is 0 Å². The molecule has 0 atom stereocenters. The molecule has 1 heterocycles. The van der Waals surface area contributed by atoms with E-state index in [1.807, 2.05) is 23.3 Å². The lowest BCUT2D eigenvalue weighted by Gasteiger charge is -2.15. The minimum atomic E-state index is 0.253. The smallest absolute Gasteiger partial charge is 0.227 e. The van der Waals surface area contributed by atoms with Crippen LogP contribution in [-0.4, -0.2) is 18.7 Å². The highest BCUT2D eigenvalue weighted by Gasteiger charge is 2.21. The van der Waals surface area contributed by atoms with Crippen LogP contribution in [0.3, 0.4) is 0 Å².